The van der Waals surface area contributed by atoms with Gasteiger partial charge >= 0.3 is 6.01 Å². The van der Waals surface area contributed by atoms with Crippen molar-refractivity contribution in [3.05, 3.63) is 17.5 Å². The molecule has 0 radical (unpaired) electrons. The quantitative estimate of drug-likeness (QED) is 0.647. The van der Waals surface area contributed by atoms with Crippen LogP contribution in [0.4, 0.5) is 0 Å². The number of hydrogen-bond donors (Lipinski definition) is 1. The lowest BCUT2D eigenvalue weighted by atomic mass is 10.2. The van der Waals surface area contributed by atoms with E-state index in [9.17, 15) is 0 Å². The van der Waals surface area contributed by atoms with Gasteiger partial charge in [0.2, 0.25) is 0 Å². The Morgan fingerprint density at radius 3 is 2.56 bits per heavy atom. The predicted molar refractivity (Wildman–Crippen MR) is 73.9 cm³/mol. The van der Waals surface area contributed by atoms with Gasteiger partial charge in [-0.25, -0.2) is 4.98 Å². The Labute approximate surface area is 113 Å². The number of nitrogens with zero attached hydrogens (tertiary/aromatic N) is 2. The van der Waals surface area contributed by atoms with Crippen molar-refractivity contribution in [1.82, 2.24) is 9.97 Å². The first-order valence-corrected chi connectivity index (χ1v) is 6.11. The summed E-state index contributed by atoms with van der Waals surface area (Å²) in [7, 11) is 0. The van der Waals surface area contributed by atoms with E-state index in [0.717, 1.165) is 5.69 Å². The molecule has 100 valence electrons. The molecule has 0 unspecified atom stereocenters. The third-order valence-corrected chi connectivity index (χ3v) is 2.14. The van der Waals surface area contributed by atoms with Gasteiger partial charge in [-0.3, -0.25) is 0 Å². The van der Waals surface area contributed by atoms with E-state index >= 15 is 0 Å². The lowest BCUT2D eigenvalue weighted by Crippen LogP contribution is -2.23. The van der Waals surface area contributed by atoms with Crippen LogP contribution in [0.15, 0.2) is 6.07 Å². The van der Waals surface area contributed by atoms with E-state index < -0.39 is 0 Å². The van der Waals surface area contributed by atoms with Crippen LogP contribution in [0.2, 0.25) is 0 Å². The van der Waals surface area contributed by atoms with Gasteiger partial charge < -0.3 is 15.2 Å². The van der Waals surface area contributed by atoms with E-state index in [1.54, 1.807) is 6.07 Å². The van der Waals surface area contributed by atoms with Gasteiger partial charge in [-0.2, -0.15) is 4.98 Å². The van der Waals surface area contributed by atoms with Gasteiger partial charge in [0, 0.05) is 5.69 Å². The summed E-state index contributed by atoms with van der Waals surface area (Å²) in [4.78, 5) is 8.49. The van der Waals surface area contributed by atoms with Gasteiger partial charge in [-0.15, -0.1) is 0 Å². The van der Waals surface area contributed by atoms with Gasteiger partial charge in [0.1, 0.15) is 17.3 Å². The van der Waals surface area contributed by atoms with Crippen molar-refractivity contribution in [1.29, 1.82) is 0 Å². The molecule has 1 aromatic heterocycles. The summed E-state index contributed by atoms with van der Waals surface area (Å²) < 4.78 is 10.9. The molecule has 1 aromatic rings. The minimum absolute atomic E-state index is 0.180. The molecule has 0 bridgehead atoms. The first kappa shape index (κ1) is 14.8. The molecular weight excluding hydrogens is 250 g/mol. The number of thiocarbonyl (C=S) groups is 1. The van der Waals surface area contributed by atoms with Crippen LogP contribution in [0, 0.1) is 6.92 Å². The van der Waals surface area contributed by atoms with Crippen LogP contribution in [-0.4, -0.2) is 33.8 Å². The van der Waals surface area contributed by atoms with Crippen LogP contribution in [0.25, 0.3) is 0 Å². The molecule has 0 spiro atoms. The Bertz CT molecular complexity index is 430. The molecule has 2 N–H and O–H groups in total. The van der Waals surface area contributed by atoms with Gasteiger partial charge in [0.05, 0.1) is 12.2 Å². The zero-order valence-corrected chi connectivity index (χ0v) is 12.0. The third kappa shape index (κ3) is 5.37. The van der Waals surface area contributed by atoms with Crippen LogP contribution < -0.4 is 10.5 Å². The number of hydrogen-bond acceptors (Lipinski definition) is 5. The van der Waals surface area contributed by atoms with Crippen molar-refractivity contribution in [3.63, 3.8) is 0 Å². The van der Waals surface area contributed by atoms with Crippen LogP contribution >= 0.6 is 12.2 Å². The van der Waals surface area contributed by atoms with Gasteiger partial charge in [-0.05, 0) is 33.8 Å². The lowest BCUT2D eigenvalue weighted by Gasteiger charge is -2.19. The predicted octanol–water partition coefficient (Wildman–Crippen LogP) is 1.61. The summed E-state index contributed by atoms with van der Waals surface area (Å²) >= 11 is 4.87. The molecule has 1 rings (SSSR count). The zero-order valence-electron chi connectivity index (χ0n) is 11.2. The monoisotopic (exact) mass is 269 g/mol. The standard InChI is InChI=1S/C12H19N3O2S/c1-8-7-9(10(13)18)15-11(14-8)16-5-6-17-12(2,3)4/h7H,5-6H2,1-4H3,(H2,13,18). The average molecular weight is 269 g/mol. The molecule has 0 aromatic carbocycles. The Morgan fingerprint density at radius 2 is 2.00 bits per heavy atom. The highest BCUT2D eigenvalue weighted by molar-refractivity contribution is 7.80. The first-order valence-electron chi connectivity index (χ1n) is 5.70. The number of rotatable bonds is 5. The SMILES string of the molecule is Cc1cc(C(N)=S)nc(OCCOC(C)(C)C)n1. The fourth-order valence-electron chi connectivity index (χ4n) is 1.21. The topological polar surface area (TPSA) is 70.3 Å². The minimum atomic E-state index is -0.180. The average Bonchev–Trinajstić information content (AvgIpc) is 2.22. The summed E-state index contributed by atoms with van der Waals surface area (Å²) in [5, 5.41) is 0. The Kier molecular flexibility index (Phi) is 4.98. The van der Waals surface area contributed by atoms with Crippen molar-refractivity contribution >= 4 is 17.2 Å². The fourth-order valence-corrected chi connectivity index (χ4v) is 1.32. The van der Waals surface area contributed by atoms with Gasteiger partial charge in [0.15, 0.2) is 0 Å². The molecule has 0 amide bonds. The van der Waals surface area contributed by atoms with Crippen molar-refractivity contribution in [2.24, 2.45) is 5.73 Å². The van der Waals surface area contributed by atoms with E-state index in [1.165, 1.54) is 0 Å². The van der Waals surface area contributed by atoms with Crippen molar-refractivity contribution < 1.29 is 9.47 Å². The molecule has 5 nitrogen and oxygen atoms in total. The molecule has 1 heterocycles. The molecule has 0 aliphatic rings. The van der Waals surface area contributed by atoms with Crippen molar-refractivity contribution in [2.75, 3.05) is 13.2 Å². The maximum Gasteiger partial charge on any atom is 0.317 e. The maximum absolute atomic E-state index is 5.53. The molecule has 0 aliphatic carbocycles. The summed E-state index contributed by atoms with van der Waals surface area (Å²) in [5.41, 5.74) is 6.63. The molecule has 0 aliphatic heterocycles. The van der Waals surface area contributed by atoms with Crippen LogP contribution in [-0.2, 0) is 4.74 Å². The molecule has 0 saturated carbocycles. The lowest BCUT2D eigenvalue weighted by molar-refractivity contribution is -0.0174. The van der Waals surface area contributed by atoms with Crippen LogP contribution in [0.5, 0.6) is 6.01 Å². The molecule has 18 heavy (non-hydrogen) atoms. The molecule has 6 heteroatoms. The Hall–Kier alpha value is -1.27. The minimum Gasteiger partial charge on any atom is -0.461 e. The summed E-state index contributed by atoms with van der Waals surface area (Å²) in [6.07, 6.45) is 0. The van der Waals surface area contributed by atoms with Crippen LogP contribution in [0.1, 0.15) is 32.2 Å². The first-order chi connectivity index (χ1) is 8.28. The van der Waals surface area contributed by atoms with E-state index in [-0.39, 0.29) is 16.6 Å². The van der Waals surface area contributed by atoms with Crippen molar-refractivity contribution in [2.45, 2.75) is 33.3 Å². The maximum atomic E-state index is 5.53. The van der Waals surface area contributed by atoms with E-state index in [1.807, 2.05) is 27.7 Å². The molecule has 0 atom stereocenters. The summed E-state index contributed by atoms with van der Waals surface area (Å²) in [5.74, 6) is 0. The second-order valence-corrected chi connectivity index (χ2v) is 5.29. The highest BCUT2D eigenvalue weighted by atomic mass is 32.1. The van der Waals surface area contributed by atoms with Crippen LogP contribution in [0.3, 0.4) is 0 Å². The highest BCUT2D eigenvalue weighted by Crippen LogP contribution is 2.09. The number of nitrogens with two attached hydrogens (primary N) is 1. The van der Waals surface area contributed by atoms with Gasteiger partial charge in [-0.1, -0.05) is 12.2 Å². The van der Waals surface area contributed by atoms with Crippen molar-refractivity contribution in [3.8, 4) is 6.01 Å². The molecular formula is C12H19N3O2S. The number of ether oxygens (including phenoxy) is 2. The smallest absolute Gasteiger partial charge is 0.317 e. The largest absolute Gasteiger partial charge is 0.461 e. The second kappa shape index (κ2) is 6.06. The van der Waals surface area contributed by atoms with E-state index in [4.69, 9.17) is 27.4 Å². The Morgan fingerprint density at radius 1 is 1.33 bits per heavy atom. The third-order valence-electron chi connectivity index (χ3n) is 1.94. The Balaban J connectivity index is 2.55. The van der Waals surface area contributed by atoms with E-state index in [2.05, 4.69) is 9.97 Å². The number of aryl methyl sites for hydroxylation is 1. The fraction of sp³-hybridized carbons (Fsp3) is 0.583. The van der Waals surface area contributed by atoms with Gasteiger partial charge in [0.25, 0.3) is 0 Å². The summed E-state index contributed by atoms with van der Waals surface area (Å²) in [6.45, 7) is 8.66. The second-order valence-electron chi connectivity index (χ2n) is 4.85. The molecule has 0 fully saturated rings. The number of aromatic nitrogens is 2. The molecule has 0 saturated heterocycles. The zero-order chi connectivity index (χ0) is 13.8. The summed E-state index contributed by atoms with van der Waals surface area (Å²) in [6, 6.07) is 2.00. The normalized spacial score (nSPS) is 11.3. The van der Waals surface area contributed by atoms with E-state index in [0.29, 0.717) is 18.9 Å². The highest BCUT2D eigenvalue weighted by Gasteiger charge is 2.10.